The van der Waals surface area contributed by atoms with Crippen LogP contribution >= 0.6 is 24.8 Å². The van der Waals surface area contributed by atoms with E-state index in [-0.39, 0.29) is 30.7 Å². The van der Waals surface area contributed by atoms with Crippen LogP contribution < -0.4 is 10.6 Å². The summed E-state index contributed by atoms with van der Waals surface area (Å²) in [7, 11) is 4.12. The van der Waals surface area contributed by atoms with Crippen molar-refractivity contribution in [2.24, 2.45) is 5.92 Å². The van der Waals surface area contributed by atoms with Gasteiger partial charge in [0.1, 0.15) is 0 Å². The molecule has 0 saturated carbocycles. The summed E-state index contributed by atoms with van der Waals surface area (Å²) in [5, 5.41) is 6.67. The van der Waals surface area contributed by atoms with E-state index in [4.69, 9.17) is 0 Å². The molecule has 2 fully saturated rings. The number of amides is 1. The molecule has 6 heteroatoms. The van der Waals surface area contributed by atoms with E-state index >= 15 is 0 Å². The molecule has 2 N–H and O–H groups in total. The van der Waals surface area contributed by atoms with Gasteiger partial charge in [0.05, 0.1) is 0 Å². The van der Waals surface area contributed by atoms with Gasteiger partial charge in [0.15, 0.2) is 0 Å². The summed E-state index contributed by atoms with van der Waals surface area (Å²) in [6, 6.07) is 1.38. The Bertz CT molecular complexity index is 278. The van der Waals surface area contributed by atoms with E-state index < -0.39 is 0 Å². The molecule has 2 aliphatic rings. The van der Waals surface area contributed by atoms with Crippen LogP contribution in [-0.2, 0) is 4.79 Å². The quantitative estimate of drug-likeness (QED) is 0.732. The monoisotopic (exact) mass is 325 g/mol. The maximum atomic E-state index is 11.8. The minimum absolute atomic E-state index is 0. The lowest BCUT2D eigenvalue weighted by Crippen LogP contribution is -2.39. The average molecular weight is 326 g/mol. The third-order valence-corrected chi connectivity index (χ3v) is 4.15. The van der Waals surface area contributed by atoms with Crippen molar-refractivity contribution in [1.82, 2.24) is 15.5 Å². The van der Waals surface area contributed by atoms with Crippen LogP contribution in [0.25, 0.3) is 0 Å². The van der Waals surface area contributed by atoms with Gasteiger partial charge in [-0.25, -0.2) is 0 Å². The fourth-order valence-electron chi connectivity index (χ4n) is 3.30. The second-order valence-corrected chi connectivity index (χ2v) is 6.19. The van der Waals surface area contributed by atoms with Crippen molar-refractivity contribution < 1.29 is 4.79 Å². The number of halogens is 2. The zero-order chi connectivity index (χ0) is 13.0. The predicted molar refractivity (Wildman–Crippen MR) is 88.0 cm³/mol. The highest BCUT2D eigenvalue weighted by molar-refractivity contribution is 5.85. The molecule has 2 unspecified atom stereocenters. The molecule has 20 heavy (non-hydrogen) atoms. The largest absolute Gasteiger partial charge is 0.356 e. The minimum atomic E-state index is 0. The van der Waals surface area contributed by atoms with Gasteiger partial charge in [-0.05, 0) is 58.7 Å². The summed E-state index contributed by atoms with van der Waals surface area (Å²) < 4.78 is 0. The van der Waals surface area contributed by atoms with E-state index in [0.717, 1.165) is 25.9 Å². The Morgan fingerprint density at radius 1 is 1.20 bits per heavy atom. The first-order chi connectivity index (χ1) is 8.63. The zero-order valence-corrected chi connectivity index (χ0v) is 14.2. The van der Waals surface area contributed by atoms with Gasteiger partial charge in [-0.15, -0.1) is 24.8 Å². The second kappa shape index (κ2) is 9.82. The summed E-state index contributed by atoms with van der Waals surface area (Å²) in [4.78, 5) is 14.0. The Kier molecular flexibility index (Phi) is 9.81. The van der Waals surface area contributed by atoms with Crippen LogP contribution in [0.4, 0.5) is 0 Å². The van der Waals surface area contributed by atoms with Gasteiger partial charge in [-0.1, -0.05) is 0 Å². The maximum Gasteiger partial charge on any atom is 0.220 e. The average Bonchev–Trinajstić information content (AvgIpc) is 2.64. The van der Waals surface area contributed by atoms with Gasteiger partial charge in [0.25, 0.3) is 0 Å². The lowest BCUT2D eigenvalue weighted by atomic mass is 9.89. The normalized spacial score (nSPS) is 27.6. The lowest BCUT2D eigenvalue weighted by molar-refractivity contribution is -0.122. The molecule has 0 aliphatic carbocycles. The van der Waals surface area contributed by atoms with Gasteiger partial charge >= 0.3 is 0 Å². The minimum Gasteiger partial charge on any atom is -0.356 e. The third-order valence-electron chi connectivity index (χ3n) is 4.15. The molecule has 4 nitrogen and oxygen atoms in total. The van der Waals surface area contributed by atoms with Gasteiger partial charge in [0, 0.05) is 25.0 Å². The molecule has 2 heterocycles. The summed E-state index contributed by atoms with van der Waals surface area (Å²) in [6.07, 6.45) is 6.79. The van der Waals surface area contributed by atoms with Gasteiger partial charge in [0.2, 0.25) is 5.91 Å². The molecule has 120 valence electrons. The molecule has 2 atom stereocenters. The molecule has 0 spiro atoms. The Labute approximate surface area is 135 Å². The molecule has 0 aromatic carbocycles. The third kappa shape index (κ3) is 6.61. The predicted octanol–water partition coefficient (Wildman–Crippen LogP) is 1.82. The number of carbonyl (C=O) groups is 1. The number of hydrogen-bond acceptors (Lipinski definition) is 3. The van der Waals surface area contributed by atoms with Crippen molar-refractivity contribution in [3.05, 3.63) is 0 Å². The maximum absolute atomic E-state index is 11.8. The number of carbonyl (C=O) groups excluding carboxylic acids is 1. The van der Waals surface area contributed by atoms with Gasteiger partial charge in [-0.2, -0.15) is 0 Å². The van der Waals surface area contributed by atoms with Crippen LogP contribution in [0.5, 0.6) is 0 Å². The van der Waals surface area contributed by atoms with E-state index in [2.05, 4.69) is 29.6 Å². The van der Waals surface area contributed by atoms with Crippen molar-refractivity contribution in [1.29, 1.82) is 0 Å². The van der Waals surface area contributed by atoms with Gasteiger partial charge < -0.3 is 15.5 Å². The molecule has 2 aliphatic heterocycles. The van der Waals surface area contributed by atoms with Gasteiger partial charge in [-0.3, -0.25) is 4.79 Å². The molecular weight excluding hydrogens is 297 g/mol. The van der Waals surface area contributed by atoms with E-state index in [1.165, 1.54) is 25.7 Å². The number of rotatable bonds is 6. The molecule has 2 bridgehead atoms. The topological polar surface area (TPSA) is 44.4 Å². The SMILES string of the molecule is CN(C)CCCNC(=O)CC1CC2CCC(C1)N2.Cl.Cl. The van der Waals surface area contributed by atoms with Crippen molar-refractivity contribution in [2.75, 3.05) is 27.2 Å². The highest BCUT2D eigenvalue weighted by atomic mass is 35.5. The molecule has 2 rings (SSSR count). The summed E-state index contributed by atoms with van der Waals surface area (Å²) in [5.41, 5.74) is 0. The number of fused-ring (bicyclic) bond motifs is 2. The highest BCUT2D eigenvalue weighted by Gasteiger charge is 2.33. The Morgan fingerprint density at radius 3 is 2.35 bits per heavy atom. The fourth-order valence-corrected chi connectivity index (χ4v) is 3.30. The van der Waals surface area contributed by atoms with Crippen LogP contribution in [0.1, 0.15) is 38.5 Å². The Balaban J connectivity index is 0.00000180. The van der Waals surface area contributed by atoms with E-state index in [1.54, 1.807) is 0 Å². The van der Waals surface area contributed by atoms with Crippen LogP contribution in [-0.4, -0.2) is 50.1 Å². The number of piperidine rings is 1. The van der Waals surface area contributed by atoms with Crippen molar-refractivity contribution in [3.63, 3.8) is 0 Å². The Hall–Kier alpha value is -0.0300. The standard InChI is InChI=1S/C14H27N3O.2ClH/c1-17(2)7-3-6-15-14(18)10-11-8-12-4-5-13(9-11)16-12;;/h11-13,16H,3-10H2,1-2H3,(H,15,18);2*1H. The van der Waals surface area contributed by atoms with Crippen LogP contribution in [0.2, 0.25) is 0 Å². The van der Waals surface area contributed by atoms with Crippen LogP contribution in [0, 0.1) is 5.92 Å². The molecule has 2 saturated heterocycles. The highest BCUT2D eigenvalue weighted by Crippen LogP contribution is 2.32. The molecule has 0 aromatic rings. The number of nitrogens with zero attached hydrogens (tertiary/aromatic N) is 1. The lowest BCUT2D eigenvalue weighted by Gasteiger charge is -2.28. The van der Waals surface area contributed by atoms with Crippen molar-refractivity contribution in [3.8, 4) is 0 Å². The summed E-state index contributed by atoms with van der Waals surface area (Å²) in [6.45, 7) is 1.85. The molecule has 0 aromatic heterocycles. The number of hydrogen-bond donors (Lipinski definition) is 2. The van der Waals surface area contributed by atoms with Crippen LogP contribution in [0.15, 0.2) is 0 Å². The first-order valence-corrected chi connectivity index (χ1v) is 7.31. The van der Waals surface area contributed by atoms with Crippen molar-refractivity contribution >= 4 is 30.7 Å². The molecule has 0 radical (unpaired) electrons. The Morgan fingerprint density at radius 2 is 1.80 bits per heavy atom. The molecule has 1 amide bonds. The van der Waals surface area contributed by atoms with E-state index in [0.29, 0.717) is 18.0 Å². The zero-order valence-electron chi connectivity index (χ0n) is 12.6. The molecular formula is C14H29Cl2N3O. The van der Waals surface area contributed by atoms with Crippen LogP contribution in [0.3, 0.4) is 0 Å². The summed E-state index contributed by atoms with van der Waals surface area (Å²) >= 11 is 0. The fraction of sp³-hybridized carbons (Fsp3) is 0.929. The first-order valence-electron chi connectivity index (χ1n) is 7.31. The first kappa shape index (κ1) is 20.0. The second-order valence-electron chi connectivity index (χ2n) is 6.19. The summed E-state index contributed by atoms with van der Waals surface area (Å²) in [5.74, 6) is 0.859. The number of nitrogens with one attached hydrogen (secondary N) is 2. The van der Waals surface area contributed by atoms with E-state index in [1.807, 2.05) is 0 Å². The van der Waals surface area contributed by atoms with E-state index in [9.17, 15) is 4.79 Å². The van der Waals surface area contributed by atoms with Crippen molar-refractivity contribution in [2.45, 2.75) is 50.6 Å². The smallest absolute Gasteiger partial charge is 0.220 e.